The van der Waals surface area contributed by atoms with E-state index in [9.17, 15) is 8.78 Å². The van der Waals surface area contributed by atoms with Crippen LogP contribution >= 0.6 is 0 Å². The van der Waals surface area contributed by atoms with Crippen molar-refractivity contribution in [3.05, 3.63) is 54.1 Å². The van der Waals surface area contributed by atoms with Gasteiger partial charge in [-0.2, -0.15) is 0 Å². The Morgan fingerprint density at radius 2 is 1.55 bits per heavy atom. The van der Waals surface area contributed by atoms with Gasteiger partial charge in [-0.3, -0.25) is 0 Å². The van der Waals surface area contributed by atoms with Gasteiger partial charge in [0.05, 0.1) is 5.69 Å². The lowest BCUT2D eigenvalue weighted by atomic mass is 10.0. The van der Waals surface area contributed by atoms with Crippen molar-refractivity contribution in [2.45, 2.75) is 0 Å². The normalized spacial score (nSPS) is 15.4. The lowest BCUT2D eigenvalue weighted by Crippen LogP contribution is -2.43. The number of piperazine rings is 1. The minimum Gasteiger partial charge on any atom is -0.367 e. The maximum absolute atomic E-state index is 14.7. The van der Waals surface area contributed by atoms with Gasteiger partial charge >= 0.3 is 0 Å². The van der Waals surface area contributed by atoms with Crippen molar-refractivity contribution < 1.29 is 8.78 Å². The highest BCUT2D eigenvalue weighted by atomic mass is 19.1. The van der Waals surface area contributed by atoms with Gasteiger partial charge < -0.3 is 10.2 Å². The molecule has 1 aliphatic heterocycles. The van der Waals surface area contributed by atoms with Crippen molar-refractivity contribution in [2.24, 2.45) is 0 Å². The smallest absolute Gasteiger partial charge is 0.154 e. The number of nitrogens with one attached hydrogen (secondary N) is 1. The van der Waals surface area contributed by atoms with Crippen LogP contribution in [-0.2, 0) is 0 Å². The molecule has 1 N–H and O–H groups in total. The van der Waals surface area contributed by atoms with Gasteiger partial charge in [0, 0.05) is 37.3 Å². The lowest BCUT2D eigenvalue weighted by Gasteiger charge is -2.30. The molecule has 3 rings (SSSR count). The molecule has 2 aromatic rings. The molecule has 0 aliphatic carbocycles. The topological polar surface area (TPSA) is 15.3 Å². The minimum atomic E-state index is -0.399. The van der Waals surface area contributed by atoms with Crippen LogP contribution < -0.4 is 10.2 Å². The van der Waals surface area contributed by atoms with Crippen LogP contribution in [0.2, 0.25) is 0 Å². The first-order valence-electron chi connectivity index (χ1n) is 6.76. The predicted molar refractivity (Wildman–Crippen MR) is 76.9 cm³/mol. The molecule has 104 valence electrons. The summed E-state index contributed by atoms with van der Waals surface area (Å²) in [6.07, 6.45) is 0. The molecule has 0 unspecified atom stereocenters. The van der Waals surface area contributed by atoms with Crippen molar-refractivity contribution in [3.63, 3.8) is 0 Å². The second-order valence-corrected chi connectivity index (χ2v) is 4.86. The molecule has 2 nitrogen and oxygen atoms in total. The van der Waals surface area contributed by atoms with Crippen LogP contribution in [0.25, 0.3) is 11.1 Å². The number of hydrogen-bond acceptors (Lipinski definition) is 2. The van der Waals surface area contributed by atoms with E-state index in [2.05, 4.69) is 5.32 Å². The summed E-state index contributed by atoms with van der Waals surface area (Å²) in [5.41, 5.74) is 1.17. The summed E-state index contributed by atoms with van der Waals surface area (Å²) in [6, 6.07) is 11.4. The highest BCUT2D eigenvalue weighted by Gasteiger charge is 2.18. The Labute approximate surface area is 117 Å². The minimum absolute atomic E-state index is 0.307. The Balaban J connectivity index is 2.03. The van der Waals surface area contributed by atoms with E-state index in [4.69, 9.17) is 0 Å². The summed E-state index contributed by atoms with van der Waals surface area (Å²) in [7, 11) is 0. The monoisotopic (exact) mass is 274 g/mol. The molecule has 0 spiro atoms. The highest BCUT2D eigenvalue weighted by molar-refractivity contribution is 5.70. The molecule has 0 saturated carbocycles. The largest absolute Gasteiger partial charge is 0.367 e. The third-order valence-corrected chi connectivity index (χ3v) is 3.60. The van der Waals surface area contributed by atoms with E-state index >= 15 is 0 Å². The van der Waals surface area contributed by atoms with Gasteiger partial charge in [0.2, 0.25) is 0 Å². The van der Waals surface area contributed by atoms with Crippen LogP contribution in [0.4, 0.5) is 14.5 Å². The van der Waals surface area contributed by atoms with Gasteiger partial charge in [-0.15, -0.1) is 0 Å². The van der Waals surface area contributed by atoms with Crippen LogP contribution in [0, 0.1) is 11.6 Å². The first kappa shape index (κ1) is 13.1. The zero-order chi connectivity index (χ0) is 13.9. The Kier molecular flexibility index (Phi) is 3.65. The molecule has 2 aromatic carbocycles. The molecular weight excluding hydrogens is 258 g/mol. The van der Waals surface area contributed by atoms with Gasteiger partial charge in [-0.25, -0.2) is 8.78 Å². The van der Waals surface area contributed by atoms with Crippen LogP contribution in [0.3, 0.4) is 0 Å². The molecule has 1 heterocycles. The fraction of sp³-hybridized carbons (Fsp3) is 0.250. The molecule has 0 amide bonds. The molecule has 1 fully saturated rings. The van der Waals surface area contributed by atoms with Crippen LogP contribution in [0.1, 0.15) is 0 Å². The molecule has 1 saturated heterocycles. The first-order chi connectivity index (χ1) is 9.77. The number of anilines is 1. The van der Waals surface area contributed by atoms with Gasteiger partial charge in [-0.1, -0.05) is 30.3 Å². The molecule has 1 aliphatic rings. The van der Waals surface area contributed by atoms with E-state index in [1.165, 1.54) is 6.07 Å². The number of rotatable bonds is 2. The maximum Gasteiger partial charge on any atom is 0.154 e. The van der Waals surface area contributed by atoms with Crippen molar-refractivity contribution in [2.75, 3.05) is 31.1 Å². The second-order valence-electron chi connectivity index (χ2n) is 4.86. The average molecular weight is 274 g/mol. The highest BCUT2D eigenvalue weighted by Crippen LogP contribution is 2.31. The number of halogens is 2. The molecule has 0 radical (unpaired) electrons. The van der Waals surface area contributed by atoms with Crippen molar-refractivity contribution >= 4 is 5.69 Å². The summed E-state index contributed by atoms with van der Waals surface area (Å²) in [6.45, 7) is 3.20. The summed E-state index contributed by atoms with van der Waals surface area (Å²) in [5.74, 6) is -0.747. The molecule has 20 heavy (non-hydrogen) atoms. The number of hydrogen-bond donors (Lipinski definition) is 1. The third-order valence-electron chi connectivity index (χ3n) is 3.60. The second kappa shape index (κ2) is 5.59. The van der Waals surface area contributed by atoms with E-state index < -0.39 is 5.82 Å². The van der Waals surface area contributed by atoms with Crippen molar-refractivity contribution in [1.29, 1.82) is 0 Å². The first-order valence-corrected chi connectivity index (χ1v) is 6.76. The third kappa shape index (κ3) is 2.39. The van der Waals surface area contributed by atoms with Crippen LogP contribution in [-0.4, -0.2) is 26.2 Å². The Morgan fingerprint density at radius 1 is 0.850 bits per heavy atom. The average Bonchev–Trinajstić information content (AvgIpc) is 2.49. The van der Waals surface area contributed by atoms with E-state index in [-0.39, 0.29) is 5.82 Å². The summed E-state index contributed by atoms with van der Waals surface area (Å²) in [4.78, 5) is 2.00. The van der Waals surface area contributed by atoms with Gasteiger partial charge in [0.1, 0.15) is 5.82 Å². The SMILES string of the molecule is Fc1ccccc1-c1cccc(N2CCNCC2)c1F. The van der Waals surface area contributed by atoms with E-state index in [0.717, 1.165) is 26.2 Å². The Bertz CT molecular complexity index is 607. The Morgan fingerprint density at radius 3 is 2.30 bits per heavy atom. The molecule has 4 heteroatoms. The standard InChI is InChI=1S/C16H16F2N2/c17-14-6-2-1-4-12(14)13-5-3-7-15(16(13)18)20-10-8-19-9-11-20/h1-7,19H,8-11H2. The van der Waals surface area contributed by atoms with Gasteiger partial charge in [-0.05, 0) is 12.1 Å². The lowest BCUT2D eigenvalue weighted by molar-refractivity contribution is 0.566. The molecule has 0 bridgehead atoms. The van der Waals surface area contributed by atoms with Crippen molar-refractivity contribution in [3.8, 4) is 11.1 Å². The Hall–Kier alpha value is -1.94. The molecular formula is C16H16F2N2. The number of benzene rings is 2. The fourth-order valence-electron chi connectivity index (χ4n) is 2.56. The van der Waals surface area contributed by atoms with E-state index in [1.54, 1.807) is 36.4 Å². The van der Waals surface area contributed by atoms with E-state index in [0.29, 0.717) is 16.8 Å². The number of nitrogens with zero attached hydrogens (tertiary/aromatic N) is 1. The molecule has 0 aromatic heterocycles. The van der Waals surface area contributed by atoms with Crippen molar-refractivity contribution in [1.82, 2.24) is 5.32 Å². The maximum atomic E-state index is 14.7. The summed E-state index contributed by atoms with van der Waals surface area (Å²) >= 11 is 0. The van der Waals surface area contributed by atoms with Gasteiger partial charge in [0.25, 0.3) is 0 Å². The van der Waals surface area contributed by atoms with Gasteiger partial charge in [0.15, 0.2) is 5.82 Å². The zero-order valence-electron chi connectivity index (χ0n) is 11.1. The fourth-order valence-corrected chi connectivity index (χ4v) is 2.56. The van der Waals surface area contributed by atoms with Crippen LogP contribution in [0.5, 0.6) is 0 Å². The summed E-state index contributed by atoms with van der Waals surface area (Å²) < 4.78 is 28.5. The van der Waals surface area contributed by atoms with Crippen LogP contribution in [0.15, 0.2) is 42.5 Å². The quantitative estimate of drug-likeness (QED) is 0.905. The summed E-state index contributed by atoms with van der Waals surface area (Å²) in [5, 5.41) is 3.24. The molecule has 0 atom stereocenters. The predicted octanol–water partition coefficient (Wildman–Crippen LogP) is 3.04. The van der Waals surface area contributed by atoms with E-state index in [1.807, 2.05) is 4.90 Å². The zero-order valence-corrected chi connectivity index (χ0v) is 11.1.